The minimum atomic E-state index is -0.518. The number of hydrogen-bond acceptors (Lipinski definition) is 2. The second-order valence-electron chi connectivity index (χ2n) is 4.35. The number of imidazole rings is 1. The summed E-state index contributed by atoms with van der Waals surface area (Å²) in [5, 5.41) is 9.47. The number of nitrogens with zero attached hydrogens (tertiary/aromatic N) is 1. The van der Waals surface area contributed by atoms with Crippen LogP contribution in [0.1, 0.15) is 38.5 Å². The van der Waals surface area contributed by atoms with Gasteiger partial charge in [0.15, 0.2) is 0 Å². The van der Waals surface area contributed by atoms with Crippen molar-refractivity contribution in [2.24, 2.45) is 0 Å². The number of H-pyrrole nitrogens is 1. The molecule has 2 rings (SSSR count). The van der Waals surface area contributed by atoms with Crippen LogP contribution < -0.4 is 5.69 Å². The molecule has 1 heterocycles. The highest BCUT2D eigenvalue weighted by Crippen LogP contribution is 2.19. The lowest BCUT2D eigenvalue weighted by Crippen LogP contribution is -2.18. The normalized spacial score (nSPS) is 13.6. The number of hydrogen-bond donors (Lipinski definition) is 2. The first-order valence-corrected chi connectivity index (χ1v) is 5.43. The Bertz CT molecular complexity index is 564. The third kappa shape index (κ3) is 1.65. The maximum absolute atomic E-state index is 11.7. The topological polar surface area (TPSA) is 58.0 Å². The second-order valence-corrected chi connectivity index (χ2v) is 4.35. The molecule has 0 saturated heterocycles. The van der Waals surface area contributed by atoms with Crippen molar-refractivity contribution in [2.75, 3.05) is 0 Å². The lowest BCUT2D eigenvalue weighted by molar-refractivity contribution is 0.199. The Morgan fingerprint density at radius 1 is 1.31 bits per heavy atom. The summed E-state index contributed by atoms with van der Waals surface area (Å²) in [6, 6.07) is 5.66. The van der Waals surface area contributed by atoms with Gasteiger partial charge in [0.2, 0.25) is 0 Å². The smallest absolute Gasteiger partial charge is 0.326 e. The van der Waals surface area contributed by atoms with Gasteiger partial charge in [0.05, 0.1) is 17.1 Å². The van der Waals surface area contributed by atoms with Gasteiger partial charge in [-0.3, -0.25) is 4.57 Å². The van der Waals surface area contributed by atoms with E-state index in [9.17, 15) is 9.90 Å². The lowest BCUT2D eigenvalue weighted by atomic mass is 10.1. The van der Waals surface area contributed by atoms with Crippen molar-refractivity contribution >= 4 is 11.0 Å². The average Bonchev–Trinajstić information content (AvgIpc) is 2.51. The van der Waals surface area contributed by atoms with Crippen molar-refractivity contribution in [2.45, 2.75) is 32.9 Å². The molecule has 86 valence electrons. The van der Waals surface area contributed by atoms with E-state index in [4.69, 9.17) is 0 Å². The van der Waals surface area contributed by atoms with E-state index in [0.717, 1.165) is 16.6 Å². The second kappa shape index (κ2) is 3.79. The molecule has 0 saturated carbocycles. The van der Waals surface area contributed by atoms with Crippen molar-refractivity contribution < 1.29 is 5.11 Å². The van der Waals surface area contributed by atoms with Gasteiger partial charge in [0, 0.05) is 6.04 Å². The Kier molecular flexibility index (Phi) is 2.59. The van der Waals surface area contributed by atoms with Crippen LogP contribution in [0, 0.1) is 0 Å². The van der Waals surface area contributed by atoms with Gasteiger partial charge in [-0.25, -0.2) is 4.79 Å². The van der Waals surface area contributed by atoms with Gasteiger partial charge in [-0.1, -0.05) is 6.07 Å². The Hall–Kier alpha value is -1.55. The fourth-order valence-corrected chi connectivity index (χ4v) is 1.92. The lowest BCUT2D eigenvalue weighted by Gasteiger charge is -2.08. The Labute approximate surface area is 93.5 Å². The molecule has 1 atom stereocenters. The summed E-state index contributed by atoms with van der Waals surface area (Å²) in [4.78, 5) is 14.5. The van der Waals surface area contributed by atoms with Gasteiger partial charge in [0.25, 0.3) is 0 Å². The van der Waals surface area contributed by atoms with Crippen molar-refractivity contribution in [3.63, 3.8) is 0 Å². The first kappa shape index (κ1) is 11.0. The van der Waals surface area contributed by atoms with Crippen LogP contribution in [0.3, 0.4) is 0 Å². The quantitative estimate of drug-likeness (QED) is 0.812. The maximum Gasteiger partial charge on any atom is 0.326 e. The molecule has 0 bridgehead atoms. The van der Waals surface area contributed by atoms with Crippen LogP contribution in [0.15, 0.2) is 23.0 Å². The molecule has 0 radical (unpaired) electrons. The standard InChI is InChI=1S/C12H16N2O2/c1-7(2)14-11-5-4-9(8(3)15)6-10(11)13-12(14)16/h4-8,15H,1-3H3,(H,13,16). The molecule has 0 aliphatic rings. The van der Waals surface area contributed by atoms with Crippen LogP contribution in [0.25, 0.3) is 11.0 Å². The van der Waals surface area contributed by atoms with Gasteiger partial charge in [-0.15, -0.1) is 0 Å². The van der Waals surface area contributed by atoms with Crippen LogP contribution in [0.5, 0.6) is 0 Å². The Balaban J connectivity index is 2.70. The average molecular weight is 220 g/mol. The van der Waals surface area contributed by atoms with Crippen LogP contribution >= 0.6 is 0 Å². The first-order chi connectivity index (χ1) is 7.50. The van der Waals surface area contributed by atoms with Crippen molar-refractivity contribution in [3.8, 4) is 0 Å². The highest BCUT2D eigenvalue weighted by molar-refractivity contribution is 5.76. The molecular formula is C12H16N2O2. The van der Waals surface area contributed by atoms with Crippen LogP contribution in [0.2, 0.25) is 0 Å². The van der Waals surface area contributed by atoms with E-state index in [-0.39, 0.29) is 11.7 Å². The summed E-state index contributed by atoms with van der Waals surface area (Å²) in [5.74, 6) is 0. The molecule has 0 aliphatic heterocycles. The van der Waals surface area contributed by atoms with Gasteiger partial charge in [-0.2, -0.15) is 0 Å². The van der Waals surface area contributed by atoms with Crippen molar-refractivity contribution in [3.05, 3.63) is 34.2 Å². The zero-order valence-electron chi connectivity index (χ0n) is 9.69. The molecule has 4 nitrogen and oxygen atoms in total. The highest BCUT2D eigenvalue weighted by Gasteiger charge is 2.10. The molecule has 0 spiro atoms. The first-order valence-electron chi connectivity index (χ1n) is 5.43. The van der Waals surface area contributed by atoms with E-state index in [1.165, 1.54) is 0 Å². The van der Waals surface area contributed by atoms with Crippen LogP contribution in [-0.4, -0.2) is 14.7 Å². The molecule has 16 heavy (non-hydrogen) atoms. The molecule has 2 N–H and O–H groups in total. The number of aliphatic hydroxyl groups is 1. The van der Waals surface area contributed by atoms with E-state index in [1.54, 1.807) is 11.5 Å². The van der Waals surface area contributed by atoms with Crippen LogP contribution in [0.4, 0.5) is 0 Å². The van der Waals surface area contributed by atoms with Gasteiger partial charge in [0.1, 0.15) is 0 Å². The summed E-state index contributed by atoms with van der Waals surface area (Å²) in [6.45, 7) is 5.65. The van der Waals surface area contributed by atoms with E-state index >= 15 is 0 Å². The van der Waals surface area contributed by atoms with Crippen molar-refractivity contribution in [1.29, 1.82) is 0 Å². The number of rotatable bonds is 2. The zero-order valence-corrected chi connectivity index (χ0v) is 9.69. The molecule has 1 aromatic heterocycles. The number of nitrogens with one attached hydrogen (secondary N) is 1. The predicted octanol–water partition coefficient (Wildman–Crippen LogP) is 1.96. The Morgan fingerprint density at radius 2 is 2.00 bits per heavy atom. The van der Waals surface area contributed by atoms with Gasteiger partial charge < -0.3 is 10.1 Å². The molecule has 0 fully saturated rings. The largest absolute Gasteiger partial charge is 0.389 e. The SMILES string of the molecule is CC(O)c1ccc2c(c1)[nH]c(=O)n2C(C)C. The summed E-state index contributed by atoms with van der Waals surface area (Å²) >= 11 is 0. The fourth-order valence-electron chi connectivity index (χ4n) is 1.92. The summed E-state index contributed by atoms with van der Waals surface area (Å²) in [6.07, 6.45) is -0.518. The van der Waals surface area contributed by atoms with Crippen molar-refractivity contribution in [1.82, 2.24) is 9.55 Å². The van der Waals surface area contributed by atoms with E-state index in [1.807, 2.05) is 32.0 Å². The predicted molar refractivity (Wildman–Crippen MR) is 63.6 cm³/mol. The summed E-state index contributed by atoms with van der Waals surface area (Å²) in [7, 11) is 0. The molecule has 4 heteroatoms. The molecular weight excluding hydrogens is 204 g/mol. The van der Waals surface area contributed by atoms with E-state index in [2.05, 4.69) is 4.98 Å². The molecule has 1 unspecified atom stereocenters. The fraction of sp³-hybridized carbons (Fsp3) is 0.417. The third-order valence-electron chi connectivity index (χ3n) is 2.74. The maximum atomic E-state index is 11.7. The number of benzene rings is 1. The molecule has 2 aromatic rings. The van der Waals surface area contributed by atoms with Crippen LogP contribution in [-0.2, 0) is 0 Å². The minimum Gasteiger partial charge on any atom is -0.389 e. The number of aliphatic hydroxyl groups excluding tert-OH is 1. The minimum absolute atomic E-state index is 0.104. The van der Waals surface area contributed by atoms with Gasteiger partial charge >= 0.3 is 5.69 Å². The number of aromatic amines is 1. The highest BCUT2D eigenvalue weighted by atomic mass is 16.3. The van der Waals surface area contributed by atoms with E-state index in [0.29, 0.717) is 0 Å². The van der Waals surface area contributed by atoms with Gasteiger partial charge in [-0.05, 0) is 38.5 Å². The van der Waals surface area contributed by atoms with E-state index < -0.39 is 6.10 Å². The molecule has 0 aliphatic carbocycles. The monoisotopic (exact) mass is 220 g/mol. The Morgan fingerprint density at radius 3 is 2.56 bits per heavy atom. The zero-order chi connectivity index (χ0) is 11.9. The summed E-state index contributed by atoms with van der Waals surface area (Å²) in [5.41, 5.74) is 2.36. The molecule has 0 amide bonds. The number of fused-ring (bicyclic) bond motifs is 1. The third-order valence-corrected chi connectivity index (χ3v) is 2.74. The summed E-state index contributed by atoms with van der Waals surface area (Å²) < 4.78 is 1.71. The molecule has 1 aromatic carbocycles. The number of aromatic nitrogens is 2.